The van der Waals surface area contributed by atoms with E-state index in [1.807, 2.05) is 0 Å². The van der Waals surface area contributed by atoms with Crippen LogP contribution in [0.3, 0.4) is 0 Å². The summed E-state index contributed by atoms with van der Waals surface area (Å²) in [6, 6.07) is 0. The van der Waals surface area contributed by atoms with Crippen LogP contribution in [0, 0.1) is 11.3 Å². The maximum Gasteiger partial charge on any atom is 0.310 e. The Balaban J connectivity index is 2.14. The lowest BCUT2D eigenvalue weighted by Crippen LogP contribution is -2.48. The zero-order valence-corrected chi connectivity index (χ0v) is 9.11. The summed E-state index contributed by atoms with van der Waals surface area (Å²) >= 11 is 0. The van der Waals surface area contributed by atoms with Gasteiger partial charge >= 0.3 is 5.97 Å². The third-order valence-corrected chi connectivity index (χ3v) is 4.36. The average Bonchev–Trinajstić information content (AvgIpc) is 2.29. The van der Waals surface area contributed by atoms with Crippen LogP contribution in [-0.2, 0) is 4.79 Å². The van der Waals surface area contributed by atoms with E-state index >= 15 is 0 Å². The van der Waals surface area contributed by atoms with Crippen molar-refractivity contribution in [1.82, 2.24) is 0 Å². The van der Waals surface area contributed by atoms with E-state index in [9.17, 15) is 15.0 Å². The van der Waals surface area contributed by atoms with Crippen LogP contribution >= 0.6 is 0 Å². The molecular formula is C12H20O3. The van der Waals surface area contributed by atoms with Crippen molar-refractivity contribution in [3.05, 3.63) is 0 Å². The van der Waals surface area contributed by atoms with Crippen molar-refractivity contribution >= 4 is 5.97 Å². The molecule has 2 N–H and O–H groups in total. The van der Waals surface area contributed by atoms with E-state index in [0.29, 0.717) is 0 Å². The fourth-order valence-corrected chi connectivity index (χ4v) is 3.23. The standard InChI is InChI=1S/C12H20O3/c13-10-6-3-1-2-5-9(10)12(11(14)15)7-4-8-12/h9-10,13H,1-8H2,(H,14,15). The normalized spacial score (nSPS) is 35.3. The number of aliphatic carboxylic acids is 1. The highest BCUT2D eigenvalue weighted by molar-refractivity contribution is 5.76. The van der Waals surface area contributed by atoms with Crippen molar-refractivity contribution < 1.29 is 15.0 Å². The van der Waals surface area contributed by atoms with E-state index in [4.69, 9.17) is 0 Å². The Bertz CT molecular complexity index is 245. The molecule has 0 saturated heterocycles. The molecule has 0 aromatic carbocycles. The summed E-state index contributed by atoms with van der Waals surface area (Å²) in [6.07, 6.45) is 7.12. The lowest BCUT2D eigenvalue weighted by Gasteiger charge is -2.45. The van der Waals surface area contributed by atoms with Crippen molar-refractivity contribution in [3.63, 3.8) is 0 Å². The van der Waals surface area contributed by atoms with Gasteiger partial charge in [0.15, 0.2) is 0 Å². The molecule has 15 heavy (non-hydrogen) atoms. The van der Waals surface area contributed by atoms with Gasteiger partial charge in [-0.05, 0) is 25.7 Å². The van der Waals surface area contributed by atoms with Crippen molar-refractivity contribution in [1.29, 1.82) is 0 Å². The molecule has 86 valence electrons. The molecule has 3 nitrogen and oxygen atoms in total. The van der Waals surface area contributed by atoms with Crippen LogP contribution in [0.5, 0.6) is 0 Å². The summed E-state index contributed by atoms with van der Waals surface area (Å²) in [5.74, 6) is -0.675. The average molecular weight is 212 g/mol. The zero-order valence-electron chi connectivity index (χ0n) is 9.11. The Kier molecular flexibility index (Phi) is 3.01. The Hall–Kier alpha value is -0.570. The van der Waals surface area contributed by atoms with Gasteiger partial charge in [-0.25, -0.2) is 0 Å². The maximum atomic E-state index is 11.3. The van der Waals surface area contributed by atoms with Gasteiger partial charge < -0.3 is 10.2 Å². The fourth-order valence-electron chi connectivity index (χ4n) is 3.23. The summed E-state index contributed by atoms with van der Waals surface area (Å²) in [5.41, 5.74) is -0.580. The van der Waals surface area contributed by atoms with Crippen molar-refractivity contribution in [3.8, 4) is 0 Å². The topological polar surface area (TPSA) is 57.5 Å². The van der Waals surface area contributed by atoms with E-state index in [1.165, 1.54) is 0 Å². The summed E-state index contributed by atoms with van der Waals surface area (Å²) in [6.45, 7) is 0. The second-order valence-corrected chi connectivity index (χ2v) is 5.13. The van der Waals surface area contributed by atoms with Crippen LogP contribution in [-0.4, -0.2) is 22.3 Å². The first-order valence-electron chi connectivity index (χ1n) is 6.08. The van der Waals surface area contributed by atoms with Gasteiger partial charge in [0.25, 0.3) is 0 Å². The molecule has 0 heterocycles. The molecule has 2 aliphatic rings. The zero-order chi connectivity index (χ0) is 10.9. The monoisotopic (exact) mass is 212 g/mol. The molecule has 0 aromatic heterocycles. The van der Waals surface area contributed by atoms with Gasteiger partial charge in [0.05, 0.1) is 11.5 Å². The highest BCUT2D eigenvalue weighted by atomic mass is 16.4. The van der Waals surface area contributed by atoms with Gasteiger partial charge in [0.1, 0.15) is 0 Å². The Morgan fingerprint density at radius 2 is 1.73 bits per heavy atom. The number of hydrogen-bond acceptors (Lipinski definition) is 2. The predicted molar refractivity (Wildman–Crippen MR) is 56.5 cm³/mol. The molecule has 0 amide bonds. The molecule has 0 aliphatic heterocycles. The number of hydrogen-bond donors (Lipinski definition) is 2. The molecule has 3 heteroatoms. The molecule has 2 atom stereocenters. The van der Waals surface area contributed by atoms with Crippen molar-refractivity contribution in [2.24, 2.45) is 11.3 Å². The van der Waals surface area contributed by atoms with E-state index in [2.05, 4.69) is 0 Å². The first-order chi connectivity index (χ1) is 7.17. The molecule has 2 unspecified atom stereocenters. The van der Waals surface area contributed by atoms with Crippen molar-refractivity contribution in [2.45, 2.75) is 57.5 Å². The van der Waals surface area contributed by atoms with E-state index in [-0.39, 0.29) is 12.0 Å². The third-order valence-electron chi connectivity index (χ3n) is 4.36. The summed E-state index contributed by atoms with van der Waals surface area (Å²) in [4.78, 5) is 11.3. The predicted octanol–water partition coefficient (Wildman–Crippen LogP) is 2.18. The minimum absolute atomic E-state index is 0.00579. The largest absolute Gasteiger partial charge is 0.481 e. The molecule has 2 fully saturated rings. The molecular weight excluding hydrogens is 192 g/mol. The Labute approximate surface area is 90.5 Å². The van der Waals surface area contributed by atoms with E-state index in [0.717, 1.165) is 51.4 Å². The van der Waals surface area contributed by atoms with Crippen LogP contribution in [0.4, 0.5) is 0 Å². The van der Waals surface area contributed by atoms with Gasteiger partial charge in [0, 0.05) is 5.92 Å². The SMILES string of the molecule is O=C(O)C1(C2CCCCCC2O)CCC1. The van der Waals surface area contributed by atoms with Gasteiger partial charge in [-0.2, -0.15) is 0 Å². The van der Waals surface area contributed by atoms with E-state index < -0.39 is 11.4 Å². The van der Waals surface area contributed by atoms with Gasteiger partial charge in [-0.1, -0.05) is 25.7 Å². The van der Waals surface area contributed by atoms with E-state index in [1.54, 1.807) is 0 Å². The van der Waals surface area contributed by atoms with Gasteiger partial charge in [-0.3, -0.25) is 4.79 Å². The van der Waals surface area contributed by atoms with Crippen LogP contribution in [0.15, 0.2) is 0 Å². The van der Waals surface area contributed by atoms with Crippen LogP contribution in [0.25, 0.3) is 0 Å². The molecule has 0 radical (unpaired) electrons. The molecule has 0 bridgehead atoms. The minimum Gasteiger partial charge on any atom is -0.481 e. The first kappa shape index (κ1) is 10.9. The second-order valence-electron chi connectivity index (χ2n) is 5.13. The minimum atomic E-state index is -0.681. The number of carbonyl (C=O) groups is 1. The van der Waals surface area contributed by atoms with Gasteiger partial charge in [-0.15, -0.1) is 0 Å². The Morgan fingerprint density at radius 1 is 1.07 bits per heavy atom. The number of carboxylic acids is 1. The quantitative estimate of drug-likeness (QED) is 0.690. The van der Waals surface area contributed by atoms with Gasteiger partial charge in [0.2, 0.25) is 0 Å². The number of aliphatic hydroxyl groups is 1. The van der Waals surface area contributed by atoms with Crippen LogP contribution < -0.4 is 0 Å². The lowest BCUT2D eigenvalue weighted by atomic mass is 9.58. The molecule has 0 spiro atoms. The summed E-state index contributed by atoms with van der Waals surface area (Å²) in [7, 11) is 0. The number of aliphatic hydroxyl groups excluding tert-OH is 1. The highest BCUT2D eigenvalue weighted by Crippen LogP contribution is 2.51. The molecule has 2 saturated carbocycles. The van der Waals surface area contributed by atoms with Crippen molar-refractivity contribution in [2.75, 3.05) is 0 Å². The Morgan fingerprint density at radius 3 is 2.27 bits per heavy atom. The first-order valence-corrected chi connectivity index (χ1v) is 6.08. The third kappa shape index (κ3) is 1.78. The molecule has 2 rings (SSSR count). The lowest BCUT2D eigenvalue weighted by molar-refractivity contribution is -0.165. The number of rotatable bonds is 2. The summed E-state index contributed by atoms with van der Waals surface area (Å²) in [5, 5.41) is 19.4. The highest BCUT2D eigenvalue weighted by Gasteiger charge is 2.52. The smallest absolute Gasteiger partial charge is 0.310 e. The maximum absolute atomic E-state index is 11.3. The van der Waals surface area contributed by atoms with Crippen LogP contribution in [0.2, 0.25) is 0 Å². The molecule has 2 aliphatic carbocycles. The second kappa shape index (κ2) is 4.12. The molecule has 0 aromatic rings. The number of carboxylic acid groups (broad SMARTS) is 1. The fraction of sp³-hybridized carbons (Fsp3) is 0.917. The van der Waals surface area contributed by atoms with Crippen LogP contribution in [0.1, 0.15) is 51.4 Å². The summed E-state index contributed by atoms with van der Waals surface area (Å²) < 4.78 is 0.